The third kappa shape index (κ3) is 7.47. The maximum Gasteiger partial charge on any atom is 0.437 e. The highest BCUT2D eigenvalue weighted by Crippen LogP contribution is 2.52. The van der Waals surface area contributed by atoms with Gasteiger partial charge in [-0.2, -0.15) is 13.2 Å². The number of halogens is 3. The molecule has 6 rings (SSSR count). The predicted molar refractivity (Wildman–Crippen MR) is 183 cm³/mol. The van der Waals surface area contributed by atoms with Crippen molar-refractivity contribution in [3.8, 4) is 11.5 Å². The number of benzene rings is 1. The average molecular weight is 747 g/mol. The fraction of sp³-hybridized carbons (Fsp3) is 0.595. The Morgan fingerprint density at radius 2 is 1.87 bits per heavy atom. The van der Waals surface area contributed by atoms with Gasteiger partial charge < -0.3 is 40.0 Å². The number of rotatable bonds is 3. The number of carboxylic acids is 1. The van der Waals surface area contributed by atoms with Crippen molar-refractivity contribution in [3.05, 3.63) is 41.6 Å². The SMILES string of the molecule is COc1ccc2nc(C(F)(F)F)c3c(c2c1)C(O)C[C@]1(C[C@H]2C(=O)N[C@]4(C(=O)O)CC[C@H]4/C=C\CCCCC[C@H](NC(=O)OC(C)(C)C)C(=O)N2C1)O3. The van der Waals surface area contributed by atoms with Crippen LogP contribution in [0, 0.1) is 5.92 Å². The van der Waals surface area contributed by atoms with Gasteiger partial charge in [0.15, 0.2) is 11.4 Å². The molecule has 1 spiro atoms. The number of nitrogens with zero attached hydrogens (tertiary/aromatic N) is 2. The minimum Gasteiger partial charge on any atom is -0.497 e. The zero-order valence-corrected chi connectivity index (χ0v) is 30.0. The molecule has 13 nitrogen and oxygen atoms in total. The Labute approximate surface area is 304 Å². The van der Waals surface area contributed by atoms with E-state index in [0.29, 0.717) is 31.4 Å². The summed E-state index contributed by atoms with van der Waals surface area (Å²) in [6, 6.07) is 1.59. The Balaban J connectivity index is 1.43. The van der Waals surface area contributed by atoms with E-state index in [2.05, 4.69) is 15.6 Å². The first-order chi connectivity index (χ1) is 24.9. The van der Waals surface area contributed by atoms with E-state index in [-0.39, 0.29) is 42.1 Å². The third-order valence-electron chi connectivity index (χ3n) is 10.6. The van der Waals surface area contributed by atoms with Crippen molar-refractivity contribution in [1.82, 2.24) is 20.5 Å². The van der Waals surface area contributed by atoms with Gasteiger partial charge in [-0.15, -0.1) is 0 Å². The summed E-state index contributed by atoms with van der Waals surface area (Å²) in [7, 11) is 1.38. The number of ether oxygens (including phenoxy) is 3. The van der Waals surface area contributed by atoms with E-state index >= 15 is 0 Å². The fourth-order valence-electron chi connectivity index (χ4n) is 7.94. The number of pyridine rings is 1. The molecule has 53 heavy (non-hydrogen) atoms. The molecule has 288 valence electrons. The molecular weight excluding hydrogens is 701 g/mol. The number of alkyl carbamates (subject to hydrolysis) is 1. The van der Waals surface area contributed by atoms with E-state index < -0.39 is 88.9 Å². The molecule has 4 N–H and O–H groups in total. The molecular formula is C37H45F3N4O9. The first-order valence-corrected chi connectivity index (χ1v) is 17.8. The van der Waals surface area contributed by atoms with E-state index in [0.717, 1.165) is 11.3 Å². The highest BCUT2D eigenvalue weighted by atomic mass is 19.4. The number of hydrogen-bond donors (Lipinski definition) is 4. The Hall–Kier alpha value is -4.60. The summed E-state index contributed by atoms with van der Waals surface area (Å²) >= 11 is 0. The minimum absolute atomic E-state index is 0.0526. The van der Waals surface area contributed by atoms with Crippen molar-refractivity contribution in [2.75, 3.05) is 13.7 Å². The predicted octanol–water partition coefficient (Wildman–Crippen LogP) is 5.18. The molecule has 1 saturated heterocycles. The van der Waals surface area contributed by atoms with Crippen LogP contribution in [-0.2, 0) is 25.3 Å². The molecule has 1 aromatic carbocycles. The summed E-state index contributed by atoms with van der Waals surface area (Å²) in [5, 5.41) is 27.5. The van der Waals surface area contributed by atoms with Crippen LogP contribution in [-0.4, -0.2) is 86.5 Å². The van der Waals surface area contributed by atoms with Crippen LogP contribution in [0.3, 0.4) is 0 Å². The summed E-state index contributed by atoms with van der Waals surface area (Å²) in [6.07, 6.45) is -1.18. The number of amides is 3. The smallest absolute Gasteiger partial charge is 0.437 e. The first-order valence-electron chi connectivity index (χ1n) is 17.8. The Bertz CT molecular complexity index is 1830. The molecule has 16 heteroatoms. The number of carboxylic acid groups (broad SMARTS) is 1. The minimum atomic E-state index is -5.02. The summed E-state index contributed by atoms with van der Waals surface area (Å²) in [6.45, 7) is 4.51. The lowest BCUT2D eigenvalue weighted by atomic mass is 9.66. The highest BCUT2D eigenvalue weighted by Gasteiger charge is 2.59. The molecule has 3 amide bonds. The lowest BCUT2D eigenvalue weighted by Crippen LogP contribution is -2.67. The van der Waals surface area contributed by atoms with Gasteiger partial charge in [-0.3, -0.25) is 9.59 Å². The largest absolute Gasteiger partial charge is 0.497 e. The maximum atomic E-state index is 14.6. The molecule has 6 atom stereocenters. The number of aromatic nitrogens is 1. The van der Waals surface area contributed by atoms with Crippen LogP contribution in [0.1, 0.15) is 95.9 Å². The van der Waals surface area contributed by atoms with Gasteiger partial charge in [0.25, 0.3) is 0 Å². The quantitative estimate of drug-likeness (QED) is 0.306. The zero-order valence-electron chi connectivity index (χ0n) is 30.0. The molecule has 0 bridgehead atoms. The number of carbonyl (C=O) groups is 4. The van der Waals surface area contributed by atoms with Crippen LogP contribution in [0.25, 0.3) is 10.9 Å². The van der Waals surface area contributed by atoms with E-state index in [1.165, 1.54) is 25.3 Å². The lowest BCUT2D eigenvalue weighted by molar-refractivity contribution is -0.156. The molecule has 1 saturated carbocycles. The number of aliphatic hydroxyl groups excluding tert-OH is 1. The molecule has 4 heterocycles. The van der Waals surface area contributed by atoms with Gasteiger partial charge in [0.1, 0.15) is 34.6 Å². The van der Waals surface area contributed by atoms with Gasteiger partial charge in [-0.25, -0.2) is 14.6 Å². The Morgan fingerprint density at radius 3 is 2.51 bits per heavy atom. The van der Waals surface area contributed by atoms with Gasteiger partial charge >= 0.3 is 18.2 Å². The van der Waals surface area contributed by atoms with Crippen molar-refractivity contribution < 1.29 is 56.8 Å². The topological polar surface area (TPSA) is 177 Å². The number of aliphatic carboxylic acids is 1. The summed E-state index contributed by atoms with van der Waals surface area (Å²) < 4.78 is 60.9. The number of carbonyl (C=O) groups excluding carboxylic acids is 3. The van der Waals surface area contributed by atoms with Gasteiger partial charge in [-0.1, -0.05) is 25.0 Å². The summed E-state index contributed by atoms with van der Waals surface area (Å²) in [5.41, 5.74) is -5.91. The number of hydrogen-bond acceptors (Lipinski definition) is 9. The van der Waals surface area contributed by atoms with Crippen LogP contribution in [0.4, 0.5) is 18.0 Å². The molecule has 3 aliphatic heterocycles. The fourth-order valence-corrected chi connectivity index (χ4v) is 7.94. The number of nitrogens with one attached hydrogen (secondary N) is 2. The number of aliphatic hydroxyl groups is 1. The molecule has 2 fully saturated rings. The average Bonchev–Trinajstić information content (AvgIpc) is 3.42. The van der Waals surface area contributed by atoms with E-state index in [1.807, 2.05) is 6.08 Å². The van der Waals surface area contributed by atoms with Crippen LogP contribution in [0.15, 0.2) is 30.4 Å². The number of methoxy groups -OCH3 is 1. The second-order valence-electron chi connectivity index (χ2n) is 15.5. The first kappa shape index (κ1) is 38.1. The third-order valence-corrected chi connectivity index (χ3v) is 10.6. The molecule has 4 aliphatic rings. The second-order valence-corrected chi connectivity index (χ2v) is 15.5. The van der Waals surface area contributed by atoms with Crippen molar-refractivity contribution in [2.45, 2.75) is 120 Å². The summed E-state index contributed by atoms with van der Waals surface area (Å²) in [5.74, 6) is -3.78. The molecule has 1 aromatic heterocycles. The van der Waals surface area contributed by atoms with Crippen LogP contribution >= 0.6 is 0 Å². The van der Waals surface area contributed by atoms with Gasteiger partial charge in [-0.05, 0) is 71.1 Å². The van der Waals surface area contributed by atoms with Crippen molar-refractivity contribution in [2.24, 2.45) is 5.92 Å². The monoisotopic (exact) mass is 746 g/mol. The lowest BCUT2D eigenvalue weighted by Gasteiger charge is -2.46. The van der Waals surface area contributed by atoms with Gasteiger partial charge in [0.2, 0.25) is 11.8 Å². The molecule has 1 aliphatic carbocycles. The van der Waals surface area contributed by atoms with E-state index in [1.54, 1.807) is 26.8 Å². The van der Waals surface area contributed by atoms with Crippen molar-refractivity contribution >= 4 is 34.8 Å². The van der Waals surface area contributed by atoms with Gasteiger partial charge in [0.05, 0.1) is 25.3 Å². The second kappa shape index (κ2) is 14.0. The van der Waals surface area contributed by atoms with E-state index in [4.69, 9.17) is 14.2 Å². The molecule has 0 radical (unpaired) electrons. The number of alkyl halides is 3. The van der Waals surface area contributed by atoms with Crippen LogP contribution in [0.2, 0.25) is 0 Å². The van der Waals surface area contributed by atoms with E-state index in [9.17, 15) is 42.6 Å². The number of allylic oxidation sites excluding steroid dienone is 1. The van der Waals surface area contributed by atoms with Crippen LogP contribution in [0.5, 0.6) is 11.5 Å². The standard InChI is InChI=1S/C37H45F3N4O9/c1-34(2,3)53-33(50)42-24-11-9-7-5-6-8-10-20-14-15-36(20,32(48)49)43-30(46)25-17-35(19-44(25)31(24)47)18-26(45)27-22-16-21(51-4)12-13-23(22)41-29(28(27)52-35)37(38,39)40/h8,10,12-13,16,20,24-26,45H,5-7,9,11,14-15,17-19H2,1-4H3,(H,42,50)(H,43,46)(H,48,49)/b10-8-/t20-,24+,25+,26?,35+,36-/m1/s1. The normalized spacial score (nSPS) is 30.0. The molecule has 1 unspecified atom stereocenters. The maximum absolute atomic E-state index is 14.6. The zero-order chi connectivity index (χ0) is 38.5. The molecule has 2 aromatic rings. The highest BCUT2D eigenvalue weighted by molar-refractivity contribution is 5.95. The number of fused-ring (bicyclic) bond motifs is 5. The van der Waals surface area contributed by atoms with Crippen molar-refractivity contribution in [1.29, 1.82) is 0 Å². The van der Waals surface area contributed by atoms with Gasteiger partial charge in [0, 0.05) is 29.7 Å². The van der Waals surface area contributed by atoms with Crippen LogP contribution < -0.4 is 20.1 Å². The Morgan fingerprint density at radius 1 is 1.11 bits per heavy atom. The van der Waals surface area contributed by atoms with Crippen molar-refractivity contribution in [3.63, 3.8) is 0 Å². The Kier molecular flexibility index (Phi) is 10.1. The summed E-state index contributed by atoms with van der Waals surface area (Å²) in [4.78, 5) is 59.5.